The molecule has 0 atom stereocenters. The fourth-order valence-corrected chi connectivity index (χ4v) is 0.202. The molecule has 0 radical (unpaired) electrons. The number of alkyl halides is 1. The van der Waals surface area contributed by atoms with Gasteiger partial charge in [-0.05, 0) is 6.08 Å². The summed E-state index contributed by atoms with van der Waals surface area (Å²) in [5.41, 5.74) is 0. The second-order valence-corrected chi connectivity index (χ2v) is 1.03. The van der Waals surface area contributed by atoms with Crippen LogP contribution in [0.2, 0.25) is 0 Å². The van der Waals surface area contributed by atoms with Crippen LogP contribution in [-0.4, -0.2) is 5.88 Å². The lowest BCUT2D eigenvalue weighted by atomic mass is 10.5. The molecule has 0 rings (SSSR count). The van der Waals surface area contributed by atoms with Crippen LogP contribution in [0.1, 0.15) is 0 Å². The first-order valence-electron chi connectivity index (χ1n) is 1.59. The lowest BCUT2D eigenvalue weighted by molar-refractivity contribution is 1.77. The van der Waals surface area contributed by atoms with Crippen molar-refractivity contribution in [1.29, 1.82) is 0 Å². The van der Waals surface area contributed by atoms with E-state index in [9.17, 15) is 0 Å². The molecule has 0 unspecified atom stereocenters. The summed E-state index contributed by atoms with van der Waals surface area (Å²) in [6.45, 7) is 0. The van der Waals surface area contributed by atoms with Crippen LogP contribution in [0.15, 0.2) is 12.2 Å². The van der Waals surface area contributed by atoms with E-state index in [2.05, 4.69) is 5.92 Å². The monoisotopic (exact) mass is 100 g/mol. The van der Waals surface area contributed by atoms with E-state index in [4.69, 9.17) is 18.0 Å². The summed E-state index contributed by atoms with van der Waals surface area (Å²) in [4.78, 5) is 0. The highest BCUT2D eigenvalue weighted by molar-refractivity contribution is 6.18. The van der Waals surface area contributed by atoms with Crippen LogP contribution in [0, 0.1) is 12.3 Å². The normalized spacial score (nSPS) is 8.67. The minimum absolute atomic E-state index is 0.504. The zero-order valence-electron chi connectivity index (χ0n) is 3.32. The summed E-state index contributed by atoms with van der Waals surface area (Å²) in [5, 5.41) is 0. The molecule has 0 saturated carbocycles. The van der Waals surface area contributed by atoms with Gasteiger partial charge in [-0.3, -0.25) is 0 Å². The third kappa shape index (κ3) is 3.59. The number of hydrogen-bond donors (Lipinski definition) is 0. The standard InChI is InChI=1S/C5H5Cl/c1-2-3-4-5-6/h1,3-4H,5H2. The smallest absolute Gasteiger partial charge is 0.0413 e. The quantitative estimate of drug-likeness (QED) is 0.345. The molecule has 0 fully saturated rings. The molecule has 0 saturated heterocycles. The molecule has 0 aliphatic rings. The predicted molar refractivity (Wildman–Crippen MR) is 28.7 cm³/mol. The number of rotatable bonds is 1. The highest BCUT2D eigenvalue weighted by Crippen LogP contribution is 1.73. The van der Waals surface area contributed by atoms with Crippen LogP contribution in [0.5, 0.6) is 0 Å². The van der Waals surface area contributed by atoms with E-state index in [1.807, 2.05) is 0 Å². The Labute approximate surface area is 42.8 Å². The molecular weight excluding hydrogens is 95.5 g/mol. The Kier molecular flexibility index (Phi) is 4.28. The van der Waals surface area contributed by atoms with Crippen molar-refractivity contribution in [2.45, 2.75) is 0 Å². The molecule has 0 aromatic heterocycles. The lowest BCUT2D eigenvalue weighted by Gasteiger charge is -1.63. The minimum Gasteiger partial charge on any atom is -0.122 e. The third-order valence-corrected chi connectivity index (χ3v) is 0.481. The molecular formula is C5H5Cl. The van der Waals surface area contributed by atoms with E-state index in [1.54, 1.807) is 12.2 Å². The maximum atomic E-state index is 5.20. The number of terminal acetylenes is 1. The lowest BCUT2D eigenvalue weighted by Crippen LogP contribution is -1.53. The van der Waals surface area contributed by atoms with E-state index in [0.29, 0.717) is 5.88 Å². The van der Waals surface area contributed by atoms with Gasteiger partial charge in [0.25, 0.3) is 0 Å². The number of halogens is 1. The van der Waals surface area contributed by atoms with Crippen LogP contribution in [0.3, 0.4) is 0 Å². The van der Waals surface area contributed by atoms with Crippen molar-refractivity contribution >= 4 is 11.6 Å². The van der Waals surface area contributed by atoms with Crippen molar-refractivity contribution in [2.24, 2.45) is 0 Å². The van der Waals surface area contributed by atoms with Gasteiger partial charge in [0, 0.05) is 5.88 Å². The maximum Gasteiger partial charge on any atom is 0.0413 e. The second-order valence-electron chi connectivity index (χ2n) is 0.723. The van der Waals surface area contributed by atoms with E-state index in [0.717, 1.165) is 0 Å². The third-order valence-electron chi connectivity index (χ3n) is 0.303. The highest BCUT2D eigenvalue weighted by Gasteiger charge is 1.57. The Morgan fingerprint density at radius 3 is 2.67 bits per heavy atom. The van der Waals surface area contributed by atoms with Gasteiger partial charge in [0.05, 0.1) is 0 Å². The van der Waals surface area contributed by atoms with Gasteiger partial charge in [-0.1, -0.05) is 12.0 Å². The summed E-state index contributed by atoms with van der Waals surface area (Å²) >= 11 is 5.20. The van der Waals surface area contributed by atoms with Crippen molar-refractivity contribution in [1.82, 2.24) is 0 Å². The van der Waals surface area contributed by atoms with Crippen LogP contribution in [0.4, 0.5) is 0 Å². The Bertz CT molecular complexity index is 76.4. The van der Waals surface area contributed by atoms with Gasteiger partial charge in [-0.25, -0.2) is 0 Å². The van der Waals surface area contributed by atoms with E-state index in [1.165, 1.54) is 0 Å². The van der Waals surface area contributed by atoms with Crippen LogP contribution in [0.25, 0.3) is 0 Å². The van der Waals surface area contributed by atoms with Crippen molar-refractivity contribution in [2.75, 3.05) is 5.88 Å². The summed E-state index contributed by atoms with van der Waals surface area (Å²) in [5.74, 6) is 2.81. The summed E-state index contributed by atoms with van der Waals surface area (Å²) in [6.07, 6.45) is 8.11. The predicted octanol–water partition coefficient (Wildman–Crippen LogP) is 1.41. The first-order valence-corrected chi connectivity index (χ1v) is 2.12. The Hall–Kier alpha value is -0.410. The fourth-order valence-electron chi connectivity index (χ4n) is 0.113. The van der Waals surface area contributed by atoms with Gasteiger partial charge >= 0.3 is 0 Å². The van der Waals surface area contributed by atoms with Crippen molar-refractivity contribution in [3.05, 3.63) is 12.2 Å². The Balaban J connectivity index is 3.02. The van der Waals surface area contributed by atoms with Crippen LogP contribution < -0.4 is 0 Å². The Morgan fingerprint density at radius 1 is 1.83 bits per heavy atom. The average molecular weight is 101 g/mol. The molecule has 0 heterocycles. The Morgan fingerprint density at radius 2 is 2.50 bits per heavy atom. The average Bonchev–Trinajstić information content (AvgIpc) is 1.61. The van der Waals surface area contributed by atoms with Crippen molar-refractivity contribution in [3.63, 3.8) is 0 Å². The second kappa shape index (κ2) is 4.59. The first kappa shape index (κ1) is 5.59. The fraction of sp³-hybridized carbons (Fsp3) is 0.200. The summed E-state index contributed by atoms with van der Waals surface area (Å²) < 4.78 is 0. The molecule has 6 heavy (non-hydrogen) atoms. The maximum absolute atomic E-state index is 5.20. The molecule has 0 nitrogen and oxygen atoms in total. The molecule has 1 heteroatoms. The summed E-state index contributed by atoms with van der Waals surface area (Å²) in [7, 11) is 0. The first-order chi connectivity index (χ1) is 2.91. The highest BCUT2D eigenvalue weighted by atomic mass is 35.5. The number of allylic oxidation sites excluding steroid dienone is 2. The van der Waals surface area contributed by atoms with Crippen LogP contribution >= 0.6 is 11.6 Å². The largest absolute Gasteiger partial charge is 0.122 e. The summed E-state index contributed by atoms with van der Waals surface area (Å²) in [6, 6.07) is 0. The van der Waals surface area contributed by atoms with Gasteiger partial charge < -0.3 is 0 Å². The molecule has 0 aliphatic heterocycles. The van der Waals surface area contributed by atoms with Crippen molar-refractivity contribution in [3.8, 4) is 12.3 Å². The van der Waals surface area contributed by atoms with Gasteiger partial charge in [-0.15, -0.1) is 18.0 Å². The molecule has 0 spiro atoms. The van der Waals surface area contributed by atoms with E-state index < -0.39 is 0 Å². The van der Waals surface area contributed by atoms with Gasteiger partial charge in [0.15, 0.2) is 0 Å². The van der Waals surface area contributed by atoms with Gasteiger partial charge in [-0.2, -0.15) is 0 Å². The molecule has 0 aromatic rings. The van der Waals surface area contributed by atoms with Crippen LogP contribution in [-0.2, 0) is 0 Å². The van der Waals surface area contributed by atoms with Gasteiger partial charge in [0.2, 0.25) is 0 Å². The molecule has 0 bridgehead atoms. The minimum atomic E-state index is 0.504. The van der Waals surface area contributed by atoms with E-state index in [-0.39, 0.29) is 0 Å². The molecule has 0 amide bonds. The molecule has 0 aliphatic carbocycles. The zero-order valence-corrected chi connectivity index (χ0v) is 4.07. The van der Waals surface area contributed by atoms with Crippen molar-refractivity contribution < 1.29 is 0 Å². The SMILES string of the molecule is C#CC=CCCl. The molecule has 0 aromatic carbocycles. The number of hydrogen-bond acceptors (Lipinski definition) is 0. The zero-order chi connectivity index (χ0) is 4.83. The van der Waals surface area contributed by atoms with E-state index >= 15 is 0 Å². The van der Waals surface area contributed by atoms with Gasteiger partial charge in [0.1, 0.15) is 0 Å². The molecule has 32 valence electrons. The topological polar surface area (TPSA) is 0 Å². The molecule has 0 N–H and O–H groups in total.